The SMILES string of the molecule is COc1ccc(C)cc1[C@H](C)NC(=O)[C@H](Cc1ccccc1)n1cnnn1. The Bertz CT molecular complexity index is 881. The molecule has 1 N–H and O–H groups in total. The Hall–Kier alpha value is -3.22. The lowest BCUT2D eigenvalue weighted by Gasteiger charge is -2.22. The first-order valence-electron chi connectivity index (χ1n) is 8.79. The highest BCUT2D eigenvalue weighted by Crippen LogP contribution is 2.26. The third-order valence-electron chi connectivity index (χ3n) is 4.47. The van der Waals surface area contributed by atoms with Gasteiger partial charge in [-0.15, -0.1) is 5.10 Å². The first-order chi connectivity index (χ1) is 13.1. The van der Waals surface area contributed by atoms with Crippen LogP contribution in [-0.2, 0) is 11.2 Å². The molecule has 0 fully saturated rings. The van der Waals surface area contributed by atoms with E-state index >= 15 is 0 Å². The van der Waals surface area contributed by atoms with Crippen LogP contribution in [0.25, 0.3) is 0 Å². The smallest absolute Gasteiger partial charge is 0.245 e. The van der Waals surface area contributed by atoms with Crippen LogP contribution in [0.3, 0.4) is 0 Å². The van der Waals surface area contributed by atoms with Crippen LogP contribution in [0.5, 0.6) is 5.75 Å². The zero-order valence-electron chi connectivity index (χ0n) is 15.7. The molecule has 0 aliphatic carbocycles. The molecule has 0 aliphatic heterocycles. The summed E-state index contributed by atoms with van der Waals surface area (Å²) in [6, 6.07) is 15.0. The number of hydrogen-bond acceptors (Lipinski definition) is 5. The maximum Gasteiger partial charge on any atom is 0.245 e. The number of carbonyl (C=O) groups is 1. The highest BCUT2D eigenvalue weighted by Gasteiger charge is 2.25. The van der Waals surface area contributed by atoms with Crippen LogP contribution >= 0.6 is 0 Å². The molecule has 2 atom stereocenters. The van der Waals surface area contributed by atoms with Crippen molar-refractivity contribution in [2.75, 3.05) is 7.11 Å². The topological polar surface area (TPSA) is 81.9 Å². The summed E-state index contributed by atoms with van der Waals surface area (Å²) in [5.74, 6) is 0.595. The van der Waals surface area contributed by atoms with Crippen molar-refractivity contribution < 1.29 is 9.53 Å². The zero-order chi connectivity index (χ0) is 19.2. The van der Waals surface area contributed by atoms with Gasteiger partial charge in [0.1, 0.15) is 18.1 Å². The summed E-state index contributed by atoms with van der Waals surface area (Å²) in [5.41, 5.74) is 3.07. The molecular weight excluding hydrogens is 342 g/mol. The van der Waals surface area contributed by atoms with Crippen LogP contribution in [0, 0.1) is 6.92 Å². The number of rotatable bonds is 7. The van der Waals surface area contributed by atoms with E-state index in [9.17, 15) is 4.79 Å². The zero-order valence-corrected chi connectivity index (χ0v) is 15.7. The number of hydrogen-bond donors (Lipinski definition) is 1. The van der Waals surface area contributed by atoms with Crippen molar-refractivity contribution in [3.05, 3.63) is 71.5 Å². The van der Waals surface area contributed by atoms with E-state index in [1.807, 2.05) is 62.4 Å². The Morgan fingerprint density at radius 2 is 2.00 bits per heavy atom. The lowest BCUT2D eigenvalue weighted by Crippen LogP contribution is -2.36. The van der Waals surface area contributed by atoms with Gasteiger partial charge in [0.25, 0.3) is 0 Å². The van der Waals surface area contributed by atoms with Crippen LogP contribution in [0.15, 0.2) is 54.9 Å². The van der Waals surface area contributed by atoms with E-state index in [4.69, 9.17) is 4.74 Å². The fourth-order valence-corrected chi connectivity index (χ4v) is 3.03. The monoisotopic (exact) mass is 365 g/mol. The van der Waals surface area contributed by atoms with Gasteiger partial charge in [0.2, 0.25) is 5.91 Å². The van der Waals surface area contributed by atoms with E-state index in [1.54, 1.807) is 7.11 Å². The van der Waals surface area contributed by atoms with Gasteiger partial charge in [0.15, 0.2) is 0 Å². The molecule has 2 aromatic carbocycles. The van der Waals surface area contributed by atoms with Gasteiger partial charge in [0.05, 0.1) is 13.2 Å². The van der Waals surface area contributed by atoms with E-state index in [0.717, 1.165) is 22.4 Å². The Kier molecular flexibility index (Phi) is 5.80. The van der Waals surface area contributed by atoms with Crippen LogP contribution in [0.4, 0.5) is 0 Å². The van der Waals surface area contributed by atoms with E-state index in [2.05, 4.69) is 20.8 Å². The molecule has 1 amide bonds. The van der Waals surface area contributed by atoms with Gasteiger partial charge in [-0.05, 0) is 35.9 Å². The van der Waals surface area contributed by atoms with Gasteiger partial charge < -0.3 is 10.1 Å². The minimum atomic E-state index is -0.541. The molecule has 1 aromatic heterocycles. The number of tetrazole rings is 1. The second kappa shape index (κ2) is 8.44. The molecule has 140 valence electrons. The molecule has 1 heterocycles. The Morgan fingerprint density at radius 3 is 2.67 bits per heavy atom. The number of methoxy groups -OCH3 is 1. The maximum atomic E-state index is 13.0. The molecule has 0 spiro atoms. The number of benzene rings is 2. The normalized spacial score (nSPS) is 13.0. The number of nitrogens with zero attached hydrogens (tertiary/aromatic N) is 4. The first-order valence-corrected chi connectivity index (χ1v) is 8.79. The van der Waals surface area contributed by atoms with Crippen molar-refractivity contribution >= 4 is 5.91 Å². The van der Waals surface area contributed by atoms with Gasteiger partial charge in [-0.3, -0.25) is 4.79 Å². The van der Waals surface area contributed by atoms with Crippen molar-refractivity contribution in [2.24, 2.45) is 0 Å². The number of aromatic nitrogens is 4. The van der Waals surface area contributed by atoms with Gasteiger partial charge in [-0.1, -0.05) is 48.0 Å². The first kappa shape index (κ1) is 18.6. The van der Waals surface area contributed by atoms with E-state index in [-0.39, 0.29) is 11.9 Å². The summed E-state index contributed by atoms with van der Waals surface area (Å²) in [7, 11) is 1.63. The van der Waals surface area contributed by atoms with E-state index in [1.165, 1.54) is 11.0 Å². The molecule has 7 nitrogen and oxygen atoms in total. The predicted octanol–water partition coefficient (Wildman–Crippen LogP) is 2.65. The summed E-state index contributed by atoms with van der Waals surface area (Å²) in [4.78, 5) is 13.0. The lowest BCUT2D eigenvalue weighted by molar-refractivity contribution is -0.125. The summed E-state index contributed by atoms with van der Waals surface area (Å²) in [6.07, 6.45) is 1.96. The lowest BCUT2D eigenvalue weighted by atomic mass is 10.0. The molecule has 0 radical (unpaired) electrons. The number of carbonyl (C=O) groups excluding carboxylic acids is 1. The number of ether oxygens (including phenoxy) is 1. The molecule has 3 rings (SSSR count). The summed E-state index contributed by atoms with van der Waals surface area (Å²) < 4.78 is 6.93. The molecule has 0 unspecified atom stereocenters. The molecule has 0 bridgehead atoms. The average molecular weight is 365 g/mol. The standard InChI is InChI=1S/C20H23N5O2/c1-14-9-10-19(27-3)17(11-14)15(2)22-20(26)18(25-13-21-23-24-25)12-16-7-5-4-6-8-16/h4-11,13,15,18H,12H2,1-3H3,(H,22,26)/t15-,18-/m0/s1. The molecule has 0 aliphatic rings. The minimum Gasteiger partial charge on any atom is -0.496 e. The second-order valence-corrected chi connectivity index (χ2v) is 6.47. The second-order valence-electron chi connectivity index (χ2n) is 6.47. The molecule has 27 heavy (non-hydrogen) atoms. The van der Waals surface area contributed by atoms with Crippen molar-refractivity contribution in [3.8, 4) is 5.75 Å². The van der Waals surface area contributed by atoms with Gasteiger partial charge in [0, 0.05) is 12.0 Å². The van der Waals surface area contributed by atoms with E-state index in [0.29, 0.717) is 6.42 Å². The van der Waals surface area contributed by atoms with Crippen LogP contribution in [0.1, 0.15) is 35.7 Å². The molecule has 3 aromatic rings. The summed E-state index contributed by atoms with van der Waals surface area (Å²) in [6.45, 7) is 3.95. The Labute approximate surface area is 158 Å². The molecule has 0 saturated carbocycles. The third-order valence-corrected chi connectivity index (χ3v) is 4.47. The molecule has 0 saturated heterocycles. The van der Waals surface area contributed by atoms with Gasteiger partial charge >= 0.3 is 0 Å². The highest BCUT2D eigenvalue weighted by molar-refractivity contribution is 5.81. The Balaban J connectivity index is 1.81. The maximum absolute atomic E-state index is 13.0. The average Bonchev–Trinajstić information content (AvgIpc) is 3.21. The van der Waals surface area contributed by atoms with Crippen molar-refractivity contribution in [3.63, 3.8) is 0 Å². The van der Waals surface area contributed by atoms with Gasteiger partial charge in [-0.2, -0.15) is 0 Å². The third kappa shape index (κ3) is 4.49. The molecule has 7 heteroatoms. The fourth-order valence-electron chi connectivity index (χ4n) is 3.03. The van der Waals surface area contributed by atoms with Crippen LogP contribution in [-0.4, -0.2) is 33.2 Å². The van der Waals surface area contributed by atoms with Crippen molar-refractivity contribution in [2.45, 2.75) is 32.4 Å². The largest absolute Gasteiger partial charge is 0.496 e. The molecular formula is C20H23N5O2. The summed E-state index contributed by atoms with van der Waals surface area (Å²) in [5, 5.41) is 14.4. The number of amides is 1. The van der Waals surface area contributed by atoms with Crippen molar-refractivity contribution in [1.82, 2.24) is 25.5 Å². The number of aryl methyl sites for hydroxylation is 1. The predicted molar refractivity (Wildman–Crippen MR) is 101 cm³/mol. The number of nitrogens with one attached hydrogen (secondary N) is 1. The fraction of sp³-hybridized carbons (Fsp3) is 0.300. The Morgan fingerprint density at radius 1 is 1.22 bits per heavy atom. The highest BCUT2D eigenvalue weighted by atomic mass is 16.5. The van der Waals surface area contributed by atoms with Gasteiger partial charge in [-0.25, -0.2) is 4.68 Å². The quantitative estimate of drug-likeness (QED) is 0.696. The minimum absolute atomic E-state index is 0.151. The van der Waals surface area contributed by atoms with Crippen LogP contribution < -0.4 is 10.1 Å². The summed E-state index contributed by atoms with van der Waals surface area (Å²) >= 11 is 0. The van der Waals surface area contributed by atoms with E-state index < -0.39 is 6.04 Å². The van der Waals surface area contributed by atoms with Crippen LogP contribution in [0.2, 0.25) is 0 Å². The van der Waals surface area contributed by atoms with Crippen molar-refractivity contribution in [1.29, 1.82) is 0 Å².